The van der Waals surface area contributed by atoms with E-state index in [0.29, 0.717) is 11.1 Å². The van der Waals surface area contributed by atoms with Gasteiger partial charge in [-0.1, -0.05) is 12.1 Å². The SMILES string of the molecule is Cc1ccc(/C=C(\C#N)C(=O)c2ccc(F)cc2)cc1[N+](=O)[O-]. The summed E-state index contributed by atoms with van der Waals surface area (Å²) in [4.78, 5) is 22.6. The van der Waals surface area contributed by atoms with Crippen molar-refractivity contribution in [1.29, 1.82) is 5.26 Å². The van der Waals surface area contributed by atoms with E-state index in [1.807, 2.05) is 0 Å². The Morgan fingerprint density at radius 2 is 1.91 bits per heavy atom. The Bertz CT molecular complexity index is 849. The minimum atomic E-state index is -0.573. The maximum atomic E-state index is 12.9. The number of allylic oxidation sites excluding steroid dienone is 1. The molecule has 0 aliphatic carbocycles. The number of aryl methyl sites for hydroxylation is 1. The molecule has 0 N–H and O–H groups in total. The van der Waals surface area contributed by atoms with Crippen LogP contribution in [-0.4, -0.2) is 10.7 Å². The Balaban J connectivity index is 2.41. The molecule has 0 bridgehead atoms. The lowest BCUT2D eigenvalue weighted by Crippen LogP contribution is -2.02. The molecule has 0 atom stereocenters. The molecule has 0 fully saturated rings. The Morgan fingerprint density at radius 1 is 1.26 bits per heavy atom. The quantitative estimate of drug-likeness (QED) is 0.282. The lowest BCUT2D eigenvalue weighted by Gasteiger charge is -2.01. The minimum absolute atomic E-state index is 0.0923. The molecule has 114 valence electrons. The second kappa shape index (κ2) is 6.62. The van der Waals surface area contributed by atoms with E-state index < -0.39 is 16.5 Å². The van der Waals surface area contributed by atoms with Crippen molar-refractivity contribution in [1.82, 2.24) is 0 Å². The van der Waals surface area contributed by atoms with Crippen LogP contribution in [0, 0.1) is 34.2 Å². The minimum Gasteiger partial charge on any atom is -0.288 e. The first-order chi connectivity index (χ1) is 10.9. The van der Waals surface area contributed by atoms with Crippen LogP contribution in [0.25, 0.3) is 6.08 Å². The van der Waals surface area contributed by atoms with Crippen LogP contribution in [0.1, 0.15) is 21.5 Å². The fraction of sp³-hybridized carbons (Fsp3) is 0.0588. The van der Waals surface area contributed by atoms with Gasteiger partial charge in [-0.2, -0.15) is 5.26 Å². The van der Waals surface area contributed by atoms with Crippen LogP contribution in [0.2, 0.25) is 0 Å². The number of carbonyl (C=O) groups excluding carboxylic acids is 1. The summed E-state index contributed by atoms with van der Waals surface area (Å²) in [5, 5.41) is 20.1. The number of hydrogen-bond donors (Lipinski definition) is 0. The van der Waals surface area contributed by atoms with Crippen molar-refractivity contribution in [2.45, 2.75) is 6.92 Å². The highest BCUT2D eigenvalue weighted by molar-refractivity contribution is 6.14. The first kappa shape index (κ1) is 16.0. The van der Waals surface area contributed by atoms with Crippen LogP contribution < -0.4 is 0 Å². The Hall–Kier alpha value is -3.33. The van der Waals surface area contributed by atoms with E-state index in [-0.39, 0.29) is 16.8 Å². The van der Waals surface area contributed by atoms with Gasteiger partial charge in [0.2, 0.25) is 5.78 Å². The standard InChI is InChI=1S/C17H11FN2O3/c1-11-2-3-12(9-16(11)20(22)23)8-14(10-19)17(21)13-4-6-15(18)7-5-13/h2-9H,1H3/b14-8+. The van der Waals surface area contributed by atoms with E-state index in [1.165, 1.54) is 24.3 Å². The van der Waals surface area contributed by atoms with Gasteiger partial charge in [-0.05, 0) is 42.8 Å². The number of nitro groups is 1. The number of halogens is 1. The third-order valence-electron chi connectivity index (χ3n) is 3.21. The summed E-state index contributed by atoms with van der Waals surface area (Å²) < 4.78 is 12.9. The first-order valence-corrected chi connectivity index (χ1v) is 6.59. The van der Waals surface area contributed by atoms with Crippen molar-refractivity contribution in [3.8, 4) is 6.07 Å². The van der Waals surface area contributed by atoms with Crippen LogP contribution in [0.3, 0.4) is 0 Å². The number of hydrogen-bond acceptors (Lipinski definition) is 4. The van der Waals surface area contributed by atoms with Crippen molar-refractivity contribution < 1.29 is 14.1 Å². The highest BCUT2D eigenvalue weighted by Crippen LogP contribution is 2.21. The predicted molar refractivity (Wildman–Crippen MR) is 82.2 cm³/mol. The summed E-state index contributed by atoms with van der Waals surface area (Å²) in [7, 11) is 0. The normalized spacial score (nSPS) is 10.9. The Labute approximate surface area is 131 Å². The van der Waals surface area contributed by atoms with Gasteiger partial charge in [0.1, 0.15) is 17.5 Å². The molecule has 0 aliphatic rings. The van der Waals surface area contributed by atoms with Gasteiger partial charge in [0.25, 0.3) is 5.69 Å². The van der Waals surface area contributed by atoms with E-state index in [9.17, 15) is 19.3 Å². The Kier molecular flexibility index (Phi) is 4.62. The van der Waals surface area contributed by atoms with E-state index in [1.54, 1.807) is 25.1 Å². The van der Waals surface area contributed by atoms with E-state index in [2.05, 4.69) is 0 Å². The first-order valence-electron chi connectivity index (χ1n) is 6.59. The Morgan fingerprint density at radius 3 is 2.48 bits per heavy atom. The molecule has 0 aromatic heterocycles. The number of benzene rings is 2. The van der Waals surface area contributed by atoms with Crippen LogP contribution >= 0.6 is 0 Å². The molecule has 6 heteroatoms. The monoisotopic (exact) mass is 310 g/mol. The summed E-state index contributed by atoms with van der Waals surface area (Å²) in [5.41, 5.74) is 0.741. The van der Waals surface area contributed by atoms with Crippen molar-refractivity contribution in [2.24, 2.45) is 0 Å². The smallest absolute Gasteiger partial charge is 0.272 e. The lowest BCUT2D eigenvalue weighted by atomic mass is 10.0. The van der Waals surface area contributed by atoms with Gasteiger partial charge in [-0.3, -0.25) is 14.9 Å². The number of carbonyl (C=O) groups is 1. The summed E-state index contributed by atoms with van der Waals surface area (Å²) >= 11 is 0. The fourth-order valence-corrected chi connectivity index (χ4v) is 1.98. The van der Waals surface area contributed by atoms with Crippen LogP contribution in [-0.2, 0) is 0 Å². The molecule has 0 aliphatic heterocycles. The van der Waals surface area contributed by atoms with Crippen LogP contribution in [0.4, 0.5) is 10.1 Å². The zero-order chi connectivity index (χ0) is 17.0. The molecule has 0 heterocycles. The van der Waals surface area contributed by atoms with Gasteiger partial charge in [0.15, 0.2) is 0 Å². The summed E-state index contributed by atoms with van der Waals surface area (Å²) in [6.07, 6.45) is 1.28. The molecule has 0 saturated carbocycles. The maximum absolute atomic E-state index is 12.9. The third-order valence-corrected chi connectivity index (χ3v) is 3.21. The molecule has 23 heavy (non-hydrogen) atoms. The molecule has 0 radical (unpaired) electrons. The average molecular weight is 310 g/mol. The van der Waals surface area contributed by atoms with Gasteiger partial charge >= 0.3 is 0 Å². The molecule has 2 aromatic carbocycles. The molecule has 0 saturated heterocycles. The number of nitriles is 1. The fourth-order valence-electron chi connectivity index (χ4n) is 1.98. The zero-order valence-corrected chi connectivity index (χ0v) is 12.1. The molecule has 0 unspecified atom stereocenters. The summed E-state index contributed by atoms with van der Waals surface area (Å²) in [6.45, 7) is 1.60. The molecule has 0 amide bonds. The number of rotatable bonds is 4. The maximum Gasteiger partial charge on any atom is 0.272 e. The third kappa shape index (κ3) is 3.66. The van der Waals surface area contributed by atoms with Gasteiger partial charge in [0, 0.05) is 17.2 Å². The van der Waals surface area contributed by atoms with E-state index >= 15 is 0 Å². The summed E-state index contributed by atoms with van der Waals surface area (Å²) in [6, 6.07) is 11.0. The van der Waals surface area contributed by atoms with Gasteiger partial charge < -0.3 is 0 Å². The molecule has 5 nitrogen and oxygen atoms in total. The number of nitrogens with zero attached hydrogens (tertiary/aromatic N) is 2. The van der Waals surface area contributed by atoms with Gasteiger partial charge in [-0.15, -0.1) is 0 Å². The van der Waals surface area contributed by atoms with Crippen LogP contribution in [0.5, 0.6) is 0 Å². The second-order valence-electron chi connectivity index (χ2n) is 4.81. The van der Waals surface area contributed by atoms with Crippen molar-refractivity contribution in [3.05, 3.63) is 80.7 Å². The van der Waals surface area contributed by atoms with Gasteiger partial charge in [-0.25, -0.2) is 4.39 Å². The zero-order valence-electron chi connectivity index (χ0n) is 12.1. The molecular formula is C17H11FN2O3. The van der Waals surface area contributed by atoms with E-state index in [4.69, 9.17) is 5.26 Å². The highest BCUT2D eigenvalue weighted by Gasteiger charge is 2.14. The molecule has 0 spiro atoms. The molecule has 2 rings (SSSR count). The van der Waals surface area contributed by atoms with Crippen molar-refractivity contribution in [2.75, 3.05) is 0 Å². The van der Waals surface area contributed by atoms with E-state index in [0.717, 1.165) is 12.1 Å². The topological polar surface area (TPSA) is 84.0 Å². The number of Topliss-reactive ketones (excluding diaryl/α,β-unsaturated/α-hetero) is 1. The predicted octanol–water partition coefficient (Wildman–Crippen LogP) is 3.83. The summed E-state index contributed by atoms with van der Waals surface area (Å²) in [5.74, 6) is -1.06. The molecular weight excluding hydrogens is 299 g/mol. The largest absolute Gasteiger partial charge is 0.288 e. The van der Waals surface area contributed by atoms with Crippen molar-refractivity contribution >= 4 is 17.5 Å². The average Bonchev–Trinajstić information content (AvgIpc) is 2.54. The highest BCUT2D eigenvalue weighted by atomic mass is 19.1. The number of nitro benzene ring substituents is 1. The van der Waals surface area contributed by atoms with Gasteiger partial charge in [0.05, 0.1) is 4.92 Å². The van der Waals surface area contributed by atoms with Crippen LogP contribution in [0.15, 0.2) is 48.0 Å². The molecule has 2 aromatic rings. The lowest BCUT2D eigenvalue weighted by molar-refractivity contribution is -0.385. The second-order valence-corrected chi connectivity index (χ2v) is 4.81. The number of ketones is 1. The van der Waals surface area contributed by atoms with Crippen molar-refractivity contribution in [3.63, 3.8) is 0 Å².